The molecule has 3 rings (SSSR count). The molecule has 1 aromatic heterocycles. The van der Waals surface area contributed by atoms with Gasteiger partial charge in [0.25, 0.3) is 5.91 Å². The van der Waals surface area contributed by atoms with Crippen LogP contribution in [0.4, 0.5) is 11.4 Å². The predicted octanol–water partition coefficient (Wildman–Crippen LogP) is 3.40. The predicted molar refractivity (Wildman–Crippen MR) is 83.5 cm³/mol. The molecule has 2 aromatic carbocycles. The van der Waals surface area contributed by atoms with Gasteiger partial charge in [-0.15, -0.1) is 0 Å². The summed E-state index contributed by atoms with van der Waals surface area (Å²) >= 11 is 0. The highest BCUT2D eigenvalue weighted by Crippen LogP contribution is 2.30. The van der Waals surface area contributed by atoms with Gasteiger partial charge in [-0.2, -0.15) is 0 Å². The van der Waals surface area contributed by atoms with Crippen molar-refractivity contribution in [3.8, 4) is 11.6 Å². The lowest BCUT2D eigenvalue weighted by atomic mass is 10.2. The van der Waals surface area contributed by atoms with Crippen LogP contribution in [0, 0.1) is 0 Å². The Balaban J connectivity index is 2.10. The zero-order chi connectivity index (χ0) is 15.5. The molecule has 3 N–H and O–H groups in total. The first kappa shape index (κ1) is 13.8. The van der Waals surface area contributed by atoms with Gasteiger partial charge in [-0.05, 0) is 24.3 Å². The van der Waals surface area contributed by atoms with Crippen LogP contribution in [-0.4, -0.2) is 21.1 Å². The Bertz CT molecular complexity index is 743. The first-order valence-electron chi connectivity index (χ1n) is 6.72. The van der Waals surface area contributed by atoms with Crippen molar-refractivity contribution in [2.45, 2.75) is 0 Å². The first-order valence-corrected chi connectivity index (χ1v) is 6.72. The number of hydrogen-bond acceptors (Lipinski definition) is 3. The number of nitrogens with zero attached hydrogens (tertiary/aromatic N) is 1. The van der Waals surface area contributed by atoms with E-state index in [9.17, 15) is 15.0 Å². The summed E-state index contributed by atoms with van der Waals surface area (Å²) in [5.41, 5.74) is 1.25. The Kier molecular flexibility index (Phi) is 3.53. The lowest BCUT2D eigenvalue weighted by Crippen LogP contribution is -2.26. The third kappa shape index (κ3) is 2.52. The van der Waals surface area contributed by atoms with Crippen molar-refractivity contribution in [2.75, 3.05) is 4.90 Å². The van der Waals surface area contributed by atoms with Gasteiger partial charge >= 0.3 is 0 Å². The van der Waals surface area contributed by atoms with Gasteiger partial charge in [0.2, 0.25) is 0 Å². The smallest absolute Gasteiger partial charge is 0.283 e. The summed E-state index contributed by atoms with van der Waals surface area (Å²) in [5, 5.41) is 19.2. The number of aromatic amines is 1. The van der Waals surface area contributed by atoms with E-state index >= 15 is 0 Å². The number of H-pyrrole nitrogens is 1. The highest BCUT2D eigenvalue weighted by molar-refractivity contribution is 6.11. The fourth-order valence-electron chi connectivity index (χ4n) is 2.24. The lowest BCUT2D eigenvalue weighted by molar-refractivity contribution is 0.0992. The number of carbonyl (C=O) groups excluding carboxylic acids is 1. The van der Waals surface area contributed by atoms with E-state index < -0.39 is 5.91 Å². The van der Waals surface area contributed by atoms with Gasteiger partial charge in [-0.1, -0.05) is 36.4 Å². The van der Waals surface area contributed by atoms with Gasteiger partial charge in [0, 0.05) is 17.4 Å². The number of nitrogens with one attached hydrogen (secondary N) is 1. The highest BCUT2D eigenvalue weighted by atomic mass is 16.3. The largest absolute Gasteiger partial charge is 0.505 e. The molecule has 0 saturated carbocycles. The number of para-hydroxylation sites is 2. The molecule has 5 heteroatoms. The normalized spacial score (nSPS) is 10.4. The molecule has 0 unspecified atom stereocenters. The van der Waals surface area contributed by atoms with Crippen molar-refractivity contribution >= 4 is 17.3 Å². The van der Waals surface area contributed by atoms with E-state index in [1.807, 2.05) is 36.4 Å². The highest BCUT2D eigenvalue weighted by Gasteiger charge is 2.24. The van der Waals surface area contributed by atoms with Crippen molar-refractivity contribution < 1.29 is 15.0 Å². The van der Waals surface area contributed by atoms with E-state index in [1.54, 1.807) is 24.3 Å². The van der Waals surface area contributed by atoms with E-state index in [-0.39, 0.29) is 17.3 Å². The molecule has 0 aliphatic rings. The maximum atomic E-state index is 12.8. The molecule has 22 heavy (non-hydrogen) atoms. The average molecular weight is 294 g/mol. The lowest BCUT2D eigenvalue weighted by Gasteiger charge is -2.22. The minimum Gasteiger partial charge on any atom is -0.505 e. The number of carbonyl (C=O) groups is 1. The third-order valence-electron chi connectivity index (χ3n) is 3.23. The summed E-state index contributed by atoms with van der Waals surface area (Å²) in [7, 11) is 0. The van der Waals surface area contributed by atoms with Crippen LogP contribution in [0.5, 0.6) is 11.6 Å². The third-order valence-corrected chi connectivity index (χ3v) is 3.23. The first-order chi connectivity index (χ1) is 10.7. The second kappa shape index (κ2) is 5.65. The van der Waals surface area contributed by atoms with E-state index in [1.165, 1.54) is 4.90 Å². The van der Waals surface area contributed by atoms with E-state index in [4.69, 9.17) is 0 Å². The van der Waals surface area contributed by atoms with Crippen LogP contribution in [-0.2, 0) is 0 Å². The number of rotatable bonds is 3. The molecule has 0 spiro atoms. The van der Waals surface area contributed by atoms with Gasteiger partial charge in [-0.25, -0.2) is 0 Å². The molecule has 0 bridgehead atoms. The van der Waals surface area contributed by atoms with Crippen LogP contribution in [0.15, 0.2) is 66.7 Å². The second-order valence-electron chi connectivity index (χ2n) is 4.73. The molecule has 1 heterocycles. The zero-order valence-corrected chi connectivity index (χ0v) is 11.6. The molecule has 110 valence electrons. The minimum atomic E-state index is -0.463. The van der Waals surface area contributed by atoms with Crippen molar-refractivity contribution in [1.82, 2.24) is 4.98 Å². The topological polar surface area (TPSA) is 76.6 Å². The molecule has 0 aliphatic heterocycles. The van der Waals surface area contributed by atoms with E-state index in [2.05, 4.69) is 4.98 Å². The number of benzene rings is 2. The van der Waals surface area contributed by atoms with Crippen LogP contribution in [0.2, 0.25) is 0 Å². The zero-order valence-electron chi connectivity index (χ0n) is 11.6. The summed E-state index contributed by atoms with van der Waals surface area (Å²) in [6.45, 7) is 0. The summed E-state index contributed by atoms with van der Waals surface area (Å²) < 4.78 is 0. The van der Waals surface area contributed by atoms with Crippen LogP contribution < -0.4 is 4.90 Å². The van der Waals surface area contributed by atoms with Gasteiger partial charge in [0.1, 0.15) is 5.75 Å². The number of aromatic hydroxyl groups is 2. The second-order valence-corrected chi connectivity index (χ2v) is 4.73. The summed E-state index contributed by atoms with van der Waals surface area (Å²) in [5.74, 6) is -1.02. The molecular formula is C17H14N2O3. The standard InChI is InChI=1S/C17H14N2O3/c20-14-11-15(21)18-16(14)17(22)19(12-7-3-1-4-8-12)13-9-5-2-6-10-13/h1-11,18,20-21H. The van der Waals surface area contributed by atoms with Crippen LogP contribution in [0.25, 0.3) is 0 Å². The van der Waals surface area contributed by atoms with Crippen molar-refractivity contribution in [3.05, 3.63) is 72.4 Å². The number of hydrogen-bond donors (Lipinski definition) is 3. The quantitative estimate of drug-likeness (QED) is 0.693. The molecule has 0 atom stereocenters. The average Bonchev–Trinajstić information content (AvgIpc) is 2.88. The molecule has 0 saturated heterocycles. The summed E-state index contributed by atoms with van der Waals surface area (Å²) in [4.78, 5) is 16.7. The fourth-order valence-corrected chi connectivity index (χ4v) is 2.24. The Hall–Kier alpha value is -3.21. The van der Waals surface area contributed by atoms with Gasteiger partial charge < -0.3 is 15.2 Å². The molecule has 5 nitrogen and oxygen atoms in total. The maximum absolute atomic E-state index is 12.8. The summed E-state index contributed by atoms with van der Waals surface area (Å²) in [6, 6.07) is 19.3. The Morgan fingerprint density at radius 3 is 1.77 bits per heavy atom. The SMILES string of the molecule is O=C(c1[nH]c(O)cc1O)N(c1ccccc1)c1ccccc1. The molecule has 0 fully saturated rings. The number of amides is 1. The van der Waals surface area contributed by atoms with Crippen LogP contribution in [0.3, 0.4) is 0 Å². The monoisotopic (exact) mass is 294 g/mol. The molecule has 3 aromatic rings. The van der Waals surface area contributed by atoms with Crippen molar-refractivity contribution in [3.63, 3.8) is 0 Å². The van der Waals surface area contributed by atoms with Crippen molar-refractivity contribution in [2.24, 2.45) is 0 Å². The van der Waals surface area contributed by atoms with Gasteiger partial charge in [0.15, 0.2) is 11.6 Å². The van der Waals surface area contributed by atoms with Crippen LogP contribution in [0.1, 0.15) is 10.5 Å². The van der Waals surface area contributed by atoms with Crippen LogP contribution >= 0.6 is 0 Å². The Morgan fingerprint density at radius 1 is 0.864 bits per heavy atom. The van der Waals surface area contributed by atoms with Crippen molar-refractivity contribution in [1.29, 1.82) is 0 Å². The minimum absolute atomic E-state index is 0.0646. The Morgan fingerprint density at radius 2 is 1.36 bits per heavy atom. The molecule has 0 radical (unpaired) electrons. The molecule has 1 amide bonds. The van der Waals surface area contributed by atoms with Gasteiger partial charge in [0.05, 0.1) is 0 Å². The number of anilines is 2. The van der Waals surface area contributed by atoms with E-state index in [0.717, 1.165) is 6.07 Å². The summed E-state index contributed by atoms with van der Waals surface area (Å²) in [6.07, 6.45) is 0. The fraction of sp³-hybridized carbons (Fsp3) is 0. The molecular weight excluding hydrogens is 280 g/mol. The Labute approximate surface area is 127 Å². The number of aromatic nitrogens is 1. The maximum Gasteiger partial charge on any atom is 0.283 e. The molecule has 0 aliphatic carbocycles. The van der Waals surface area contributed by atoms with Gasteiger partial charge in [-0.3, -0.25) is 9.69 Å². The van der Waals surface area contributed by atoms with E-state index in [0.29, 0.717) is 11.4 Å².